The molecule has 1 N–H and O–H groups in total. The van der Waals surface area contributed by atoms with Crippen LogP contribution in [0.2, 0.25) is 0 Å². The molecule has 0 aromatic carbocycles. The summed E-state index contributed by atoms with van der Waals surface area (Å²) in [6.45, 7) is 2.16. The molecule has 1 amide bonds. The minimum absolute atomic E-state index is 0.239. The van der Waals surface area contributed by atoms with Crippen molar-refractivity contribution < 1.29 is 4.79 Å². The van der Waals surface area contributed by atoms with Gasteiger partial charge < -0.3 is 5.32 Å². The van der Waals surface area contributed by atoms with E-state index in [0.29, 0.717) is 5.92 Å². The van der Waals surface area contributed by atoms with Crippen LogP contribution in [0.15, 0.2) is 17.5 Å². The second kappa shape index (κ2) is 4.79. The van der Waals surface area contributed by atoms with Gasteiger partial charge >= 0.3 is 0 Å². The highest BCUT2D eigenvalue weighted by atomic mass is 32.1. The van der Waals surface area contributed by atoms with E-state index in [1.54, 1.807) is 11.3 Å². The van der Waals surface area contributed by atoms with E-state index in [4.69, 9.17) is 0 Å². The van der Waals surface area contributed by atoms with Crippen LogP contribution in [0.3, 0.4) is 0 Å². The van der Waals surface area contributed by atoms with E-state index in [2.05, 4.69) is 23.7 Å². The molecule has 2 rings (SSSR count). The molecule has 1 heterocycles. The second-order valence-electron chi connectivity index (χ2n) is 4.14. The fourth-order valence-electron chi connectivity index (χ4n) is 1.70. The Hall–Kier alpha value is -0.830. The lowest BCUT2D eigenvalue weighted by Gasteiger charge is -2.16. The molecule has 1 aliphatic carbocycles. The average molecular weight is 223 g/mol. The van der Waals surface area contributed by atoms with Crippen molar-refractivity contribution >= 4 is 17.2 Å². The van der Waals surface area contributed by atoms with Crippen LogP contribution in [0.25, 0.3) is 0 Å². The molecule has 1 aromatic rings. The van der Waals surface area contributed by atoms with Gasteiger partial charge in [0, 0.05) is 10.8 Å². The number of carbonyl (C=O) groups is 1. The highest BCUT2D eigenvalue weighted by Gasteiger charge is 2.31. The summed E-state index contributed by atoms with van der Waals surface area (Å²) >= 11 is 1.73. The van der Waals surface area contributed by atoms with Gasteiger partial charge in [-0.05, 0) is 30.7 Å². The largest absolute Gasteiger partial charge is 0.348 e. The molecule has 15 heavy (non-hydrogen) atoms. The Kier molecular flexibility index (Phi) is 3.41. The predicted octanol–water partition coefficient (Wildman–Crippen LogP) is 3.12. The zero-order chi connectivity index (χ0) is 10.7. The van der Waals surface area contributed by atoms with E-state index in [9.17, 15) is 4.79 Å². The van der Waals surface area contributed by atoms with Crippen molar-refractivity contribution in [2.24, 2.45) is 5.92 Å². The molecule has 1 aromatic heterocycles. The van der Waals surface area contributed by atoms with Crippen LogP contribution in [-0.2, 0) is 4.79 Å². The molecular weight excluding hydrogens is 206 g/mol. The van der Waals surface area contributed by atoms with Crippen molar-refractivity contribution in [2.45, 2.75) is 38.6 Å². The smallest absolute Gasteiger partial charge is 0.223 e. The highest BCUT2D eigenvalue weighted by Crippen LogP contribution is 2.31. The standard InChI is InChI=1S/C12H17NOS/c1-2-4-10(11-5-3-8-15-11)13-12(14)9-6-7-9/h3,5,8-10H,2,4,6-7H2,1H3,(H,13,14). The lowest BCUT2D eigenvalue weighted by Crippen LogP contribution is -2.29. The molecule has 0 saturated heterocycles. The summed E-state index contributed by atoms with van der Waals surface area (Å²) in [5, 5.41) is 5.22. The van der Waals surface area contributed by atoms with Gasteiger partial charge in [0.05, 0.1) is 6.04 Å². The Labute approximate surface area is 94.7 Å². The van der Waals surface area contributed by atoms with Crippen LogP contribution in [0, 0.1) is 5.92 Å². The molecule has 3 heteroatoms. The zero-order valence-corrected chi connectivity index (χ0v) is 9.85. The summed E-state index contributed by atoms with van der Waals surface area (Å²) in [7, 11) is 0. The topological polar surface area (TPSA) is 29.1 Å². The predicted molar refractivity (Wildman–Crippen MR) is 62.8 cm³/mol. The number of rotatable bonds is 5. The maximum absolute atomic E-state index is 11.7. The highest BCUT2D eigenvalue weighted by molar-refractivity contribution is 7.10. The third kappa shape index (κ3) is 2.81. The summed E-state index contributed by atoms with van der Waals surface area (Å²) in [4.78, 5) is 13.0. The molecule has 2 nitrogen and oxygen atoms in total. The number of nitrogens with one attached hydrogen (secondary N) is 1. The van der Waals surface area contributed by atoms with Gasteiger partial charge in [0.1, 0.15) is 0 Å². The van der Waals surface area contributed by atoms with Crippen molar-refractivity contribution in [1.29, 1.82) is 0 Å². The number of amides is 1. The molecule has 0 aliphatic heterocycles. The molecule has 1 saturated carbocycles. The van der Waals surface area contributed by atoms with Crippen LogP contribution in [0.1, 0.15) is 43.5 Å². The fourth-order valence-corrected chi connectivity index (χ4v) is 2.51. The zero-order valence-electron chi connectivity index (χ0n) is 9.03. The van der Waals surface area contributed by atoms with Crippen molar-refractivity contribution in [1.82, 2.24) is 5.32 Å². The van der Waals surface area contributed by atoms with Gasteiger partial charge in [0.2, 0.25) is 5.91 Å². The molecule has 1 fully saturated rings. The minimum Gasteiger partial charge on any atom is -0.348 e. The fraction of sp³-hybridized carbons (Fsp3) is 0.583. The average Bonchev–Trinajstić information content (AvgIpc) is 2.94. The Balaban J connectivity index is 1.96. The molecule has 1 aliphatic rings. The van der Waals surface area contributed by atoms with Crippen LogP contribution in [-0.4, -0.2) is 5.91 Å². The first kappa shape index (κ1) is 10.7. The minimum atomic E-state index is 0.239. The lowest BCUT2D eigenvalue weighted by atomic mass is 10.1. The summed E-state index contributed by atoms with van der Waals surface area (Å²) in [6, 6.07) is 4.40. The first-order valence-electron chi connectivity index (χ1n) is 5.65. The maximum atomic E-state index is 11.7. The number of thiophene rings is 1. The first-order chi connectivity index (χ1) is 7.31. The van der Waals surface area contributed by atoms with Crippen LogP contribution in [0.4, 0.5) is 0 Å². The normalized spacial score (nSPS) is 17.4. The second-order valence-corrected chi connectivity index (χ2v) is 5.12. The van der Waals surface area contributed by atoms with Gasteiger partial charge in [-0.25, -0.2) is 0 Å². The van der Waals surface area contributed by atoms with Gasteiger partial charge in [-0.3, -0.25) is 4.79 Å². The Morgan fingerprint density at radius 1 is 1.67 bits per heavy atom. The summed E-state index contributed by atoms with van der Waals surface area (Å²) in [5.41, 5.74) is 0. The van der Waals surface area contributed by atoms with E-state index < -0.39 is 0 Å². The summed E-state index contributed by atoms with van der Waals surface area (Å²) in [6.07, 6.45) is 4.30. The molecule has 0 radical (unpaired) electrons. The molecule has 82 valence electrons. The Morgan fingerprint density at radius 3 is 3.00 bits per heavy atom. The quantitative estimate of drug-likeness (QED) is 0.816. The van der Waals surface area contributed by atoms with Gasteiger partial charge in [0.25, 0.3) is 0 Å². The van der Waals surface area contributed by atoms with E-state index >= 15 is 0 Å². The molecule has 0 spiro atoms. The molecule has 1 atom stereocenters. The van der Waals surface area contributed by atoms with Crippen molar-refractivity contribution in [3.05, 3.63) is 22.4 Å². The Bertz CT molecular complexity index is 316. The van der Waals surface area contributed by atoms with Crippen LogP contribution < -0.4 is 5.32 Å². The van der Waals surface area contributed by atoms with Crippen molar-refractivity contribution in [2.75, 3.05) is 0 Å². The molecule has 1 unspecified atom stereocenters. The van der Waals surface area contributed by atoms with Crippen molar-refractivity contribution in [3.63, 3.8) is 0 Å². The van der Waals surface area contributed by atoms with E-state index in [0.717, 1.165) is 25.7 Å². The van der Waals surface area contributed by atoms with Gasteiger partial charge in [-0.2, -0.15) is 0 Å². The van der Waals surface area contributed by atoms with E-state index in [1.165, 1.54) is 4.88 Å². The van der Waals surface area contributed by atoms with Crippen LogP contribution >= 0.6 is 11.3 Å². The monoisotopic (exact) mass is 223 g/mol. The van der Waals surface area contributed by atoms with Crippen LogP contribution in [0.5, 0.6) is 0 Å². The lowest BCUT2D eigenvalue weighted by molar-refractivity contribution is -0.123. The van der Waals surface area contributed by atoms with E-state index in [-0.39, 0.29) is 11.9 Å². The Morgan fingerprint density at radius 2 is 2.47 bits per heavy atom. The summed E-state index contributed by atoms with van der Waals surface area (Å²) < 4.78 is 0. The molecule has 0 bridgehead atoms. The SMILES string of the molecule is CCCC(NC(=O)C1CC1)c1cccs1. The van der Waals surface area contributed by atoms with Gasteiger partial charge in [-0.15, -0.1) is 11.3 Å². The van der Waals surface area contributed by atoms with Gasteiger partial charge in [-0.1, -0.05) is 19.4 Å². The third-order valence-electron chi connectivity index (χ3n) is 2.73. The van der Waals surface area contributed by atoms with Crippen molar-refractivity contribution in [3.8, 4) is 0 Å². The molecular formula is C12H17NOS. The third-order valence-corrected chi connectivity index (χ3v) is 3.71. The number of hydrogen-bond acceptors (Lipinski definition) is 2. The number of hydrogen-bond donors (Lipinski definition) is 1. The van der Waals surface area contributed by atoms with E-state index in [1.807, 2.05) is 6.07 Å². The summed E-state index contributed by atoms with van der Waals surface area (Å²) in [5.74, 6) is 0.561. The first-order valence-corrected chi connectivity index (χ1v) is 6.53. The number of carbonyl (C=O) groups excluding carboxylic acids is 1. The van der Waals surface area contributed by atoms with Gasteiger partial charge in [0.15, 0.2) is 0 Å². The maximum Gasteiger partial charge on any atom is 0.223 e.